The Morgan fingerprint density at radius 1 is 1.10 bits per heavy atom. The van der Waals surface area contributed by atoms with Crippen LogP contribution >= 0.6 is 35.3 Å². The molecule has 20 heavy (non-hydrogen) atoms. The van der Waals surface area contributed by atoms with E-state index in [1.807, 2.05) is 0 Å². The van der Waals surface area contributed by atoms with Gasteiger partial charge in [0, 0.05) is 5.75 Å². The van der Waals surface area contributed by atoms with Crippen molar-refractivity contribution in [2.24, 2.45) is 0 Å². The molecule has 0 saturated carbocycles. The van der Waals surface area contributed by atoms with Crippen LogP contribution in [0.1, 0.15) is 50.7 Å². The summed E-state index contributed by atoms with van der Waals surface area (Å²) in [4.78, 5) is 0. The molecule has 0 bridgehead atoms. The molecular weight excluding hydrogens is 300 g/mol. The molecule has 0 atom stereocenters. The van der Waals surface area contributed by atoms with Crippen LogP contribution < -0.4 is 0 Å². The Balaban J connectivity index is 2.23. The molecule has 0 nitrogen and oxygen atoms in total. The van der Waals surface area contributed by atoms with Gasteiger partial charge in [-0.25, -0.2) is 0 Å². The van der Waals surface area contributed by atoms with Crippen molar-refractivity contribution >= 4 is 35.3 Å². The average molecular weight is 327 g/mol. The lowest BCUT2D eigenvalue weighted by Crippen LogP contribution is -2.24. The summed E-state index contributed by atoms with van der Waals surface area (Å²) in [6.07, 6.45) is 5.22. The Morgan fingerprint density at radius 3 is 2.55 bits per heavy atom. The van der Waals surface area contributed by atoms with Gasteiger partial charge in [0.05, 0.1) is 4.08 Å². The van der Waals surface area contributed by atoms with Crippen LogP contribution in [-0.4, -0.2) is 17.3 Å². The summed E-state index contributed by atoms with van der Waals surface area (Å²) in [5.74, 6) is 5.10. The fourth-order valence-electron chi connectivity index (χ4n) is 2.68. The third-order valence-electron chi connectivity index (χ3n) is 3.57. The molecule has 0 aliphatic carbocycles. The van der Waals surface area contributed by atoms with E-state index in [0.717, 1.165) is 0 Å². The molecule has 1 aromatic carbocycles. The summed E-state index contributed by atoms with van der Waals surface area (Å²) < 4.78 is 0.330. The van der Waals surface area contributed by atoms with E-state index in [2.05, 4.69) is 73.4 Å². The van der Waals surface area contributed by atoms with Gasteiger partial charge in [-0.15, -0.1) is 23.5 Å². The van der Waals surface area contributed by atoms with Gasteiger partial charge in [-0.3, -0.25) is 0 Å². The normalized spacial score (nSPS) is 18.1. The maximum Gasteiger partial charge on any atom is 0.0863 e. The summed E-state index contributed by atoms with van der Waals surface area (Å²) in [5.41, 5.74) is 3.18. The van der Waals surface area contributed by atoms with Crippen LogP contribution in [0.15, 0.2) is 24.3 Å². The highest BCUT2D eigenvalue weighted by atomic mass is 32.2. The maximum absolute atomic E-state index is 2.39. The van der Waals surface area contributed by atoms with Crippen LogP contribution in [0.25, 0.3) is 0 Å². The van der Waals surface area contributed by atoms with Crippen LogP contribution in [0.2, 0.25) is 0 Å². The molecule has 0 unspecified atom stereocenters. The first-order valence-electron chi connectivity index (χ1n) is 7.76. The van der Waals surface area contributed by atoms with Gasteiger partial charge in [-0.1, -0.05) is 44.5 Å². The Hall–Kier alpha value is 0.270. The molecule has 1 aliphatic rings. The maximum atomic E-state index is 2.39. The number of thioether (sulfide) groups is 3. The summed E-state index contributed by atoms with van der Waals surface area (Å²) in [6.45, 7) is 4.59. The molecule has 3 heteroatoms. The molecule has 1 heterocycles. The summed E-state index contributed by atoms with van der Waals surface area (Å²) in [5, 5.41) is 0. The Labute approximate surface area is 137 Å². The quantitative estimate of drug-likeness (QED) is 0.551. The second kappa shape index (κ2) is 8.65. The lowest BCUT2D eigenvalue weighted by atomic mass is 10.0. The van der Waals surface area contributed by atoms with Gasteiger partial charge in [-0.2, -0.15) is 11.8 Å². The van der Waals surface area contributed by atoms with Gasteiger partial charge >= 0.3 is 0 Å². The van der Waals surface area contributed by atoms with Crippen molar-refractivity contribution in [3.05, 3.63) is 35.4 Å². The predicted molar refractivity (Wildman–Crippen MR) is 99.0 cm³/mol. The van der Waals surface area contributed by atoms with Crippen molar-refractivity contribution in [3.8, 4) is 0 Å². The van der Waals surface area contributed by atoms with E-state index in [1.165, 1.54) is 48.7 Å². The summed E-state index contributed by atoms with van der Waals surface area (Å²) in [7, 11) is 0. The van der Waals surface area contributed by atoms with Crippen LogP contribution in [0.5, 0.6) is 0 Å². The molecule has 0 N–H and O–H groups in total. The number of rotatable bonds is 7. The minimum absolute atomic E-state index is 0.330. The summed E-state index contributed by atoms with van der Waals surface area (Å²) >= 11 is 6.47. The third kappa shape index (κ3) is 4.14. The number of hydrogen-bond acceptors (Lipinski definition) is 3. The van der Waals surface area contributed by atoms with Crippen LogP contribution in [0.4, 0.5) is 0 Å². The van der Waals surface area contributed by atoms with E-state index in [9.17, 15) is 0 Å². The van der Waals surface area contributed by atoms with Crippen LogP contribution in [0, 0.1) is 0 Å². The molecule has 2 rings (SSSR count). The molecule has 1 aliphatic heterocycles. The Bertz CT molecular complexity index is 391. The first-order valence-corrected chi connectivity index (χ1v) is 10.9. The van der Waals surface area contributed by atoms with Crippen molar-refractivity contribution in [2.45, 2.75) is 49.4 Å². The van der Waals surface area contributed by atoms with E-state index < -0.39 is 0 Å². The van der Waals surface area contributed by atoms with Crippen LogP contribution in [0.3, 0.4) is 0 Å². The fraction of sp³-hybridized carbons (Fsp3) is 0.647. The summed E-state index contributed by atoms with van der Waals surface area (Å²) in [6, 6.07) is 9.19. The topological polar surface area (TPSA) is 0 Å². The standard InChI is InChI=1S/C17H26S3/c1-3-10-17(19-12-7-13-20-17)16-9-6-5-8-15(16)14-18-11-4-2/h5-6,8-9H,3-4,7,10-14H2,1-2H3. The monoisotopic (exact) mass is 326 g/mol. The Kier molecular flexibility index (Phi) is 7.20. The van der Waals surface area contributed by atoms with Gasteiger partial charge in [-0.05, 0) is 47.6 Å². The van der Waals surface area contributed by atoms with E-state index >= 15 is 0 Å². The molecular formula is C17H26S3. The van der Waals surface area contributed by atoms with Gasteiger partial charge in [0.15, 0.2) is 0 Å². The first-order chi connectivity index (χ1) is 9.82. The van der Waals surface area contributed by atoms with E-state index in [1.54, 1.807) is 11.1 Å². The zero-order chi connectivity index (χ0) is 14.3. The zero-order valence-corrected chi connectivity index (χ0v) is 15.1. The zero-order valence-electron chi connectivity index (χ0n) is 12.7. The second-order valence-corrected chi connectivity index (χ2v) is 9.41. The molecule has 1 aromatic rings. The molecule has 0 radical (unpaired) electrons. The van der Waals surface area contributed by atoms with E-state index in [4.69, 9.17) is 0 Å². The molecule has 112 valence electrons. The SMILES string of the molecule is CCCSCc1ccccc1C1(CCC)SCCCS1. The van der Waals surface area contributed by atoms with Crippen molar-refractivity contribution in [1.29, 1.82) is 0 Å². The van der Waals surface area contributed by atoms with E-state index in [0.29, 0.717) is 4.08 Å². The Morgan fingerprint density at radius 2 is 1.85 bits per heavy atom. The van der Waals surface area contributed by atoms with Crippen LogP contribution in [-0.2, 0) is 9.83 Å². The van der Waals surface area contributed by atoms with Gasteiger partial charge in [0.25, 0.3) is 0 Å². The lowest BCUT2D eigenvalue weighted by molar-refractivity contribution is 0.723. The third-order valence-corrected chi connectivity index (χ3v) is 8.26. The highest BCUT2D eigenvalue weighted by Gasteiger charge is 2.36. The highest BCUT2D eigenvalue weighted by Crippen LogP contribution is 2.54. The average Bonchev–Trinajstić information content (AvgIpc) is 2.49. The molecule has 0 aromatic heterocycles. The minimum atomic E-state index is 0.330. The van der Waals surface area contributed by atoms with Gasteiger partial charge < -0.3 is 0 Å². The smallest absolute Gasteiger partial charge is 0.0863 e. The predicted octanol–water partition coefficient (Wildman–Crippen LogP) is 6.15. The molecule has 1 fully saturated rings. The van der Waals surface area contributed by atoms with E-state index in [-0.39, 0.29) is 0 Å². The second-order valence-electron chi connectivity index (χ2n) is 5.26. The molecule has 0 amide bonds. The number of benzene rings is 1. The van der Waals surface area contributed by atoms with Gasteiger partial charge in [0.2, 0.25) is 0 Å². The molecule has 1 saturated heterocycles. The van der Waals surface area contributed by atoms with Crippen molar-refractivity contribution in [1.82, 2.24) is 0 Å². The van der Waals surface area contributed by atoms with Crippen molar-refractivity contribution in [2.75, 3.05) is 17.3 Å². The highest BCUT2D eigenvalue weighted by molar-refractivity contribution is 8.18. The van der Waals surface area contributed by atoms with Gasteiger partial charge in [0.1, 0.15) is 0 Å². The minimum Gasteiger partial charge on any atom is -0.157 e. The lowest BCUT2D eigenvalue weighted by Gasteiger charge is -2.38. The fourth-order valence-corrected chi connectivity index (χ4v) is 7.25. The first kappa shape index (κ1) is 16.6. The van der Waals surface area contributed by atoms with Crippen molar-refractivity contribution in [3.63, 3.8) is 0 Å². The largest absolute Gasteiger partial charge is 0.157 e. The number of hydrogen-bond donors (Lipinski definition) is 0. The molecule has 0 spiro atoms. The van der Waals surface area contributed by atoms with Crippen molar-refractivity contribution < 1.29 is 0 Å².